The number of amides is 3. The summed E-state index contributed by atoms with van der Waals surface area (Å²) >= 11 is 11.8. The lowest BCUT2D eigenvalue weighted by Crippen LogP contribution is -2.41. The molecule has 3 rings (SSSR count). The zero-order valence-electron chi connectivity index (χ0n) is 12.5. The largest absolute Gasteiger partial charge is 0.467 e. The second-order valence-electron chi connectivity index (χ2n) is 5.31. The van der Waals surface area contributed by atoms with Gasteiger partial charge in [-0.25, -0.2) is 0 Å². The molecule has 8 heteroatoms. The Kier molecular flexibility index (Phi) is 4.34. The van der Waals surface area contributed by atoms with Crippen molar-refractivity contribution in [2.45, 2.75) is 13.0 Å². The predicted octanol–water partition coefficient (Wildman–Crippen LogP) is 3.06. The van der Waals surface area contributed by atoms with Crippen LogP contribution < -0.4 is 5.32 Å². The first-order valence-corrected chi connectivity index (χ1v) is 7.82. The van der Waals surface area contributed by atoms with Crippen LogP contribution in [0.1, 0.15) is 39.4 Å². The number of rotatable bonds is 4. The normalized spacial score (nSPS) is 14.7. The number of benzene rings is 1. The van der Waals surface area contributed by atoms with E-state index >= 15 is 0 Å². The maximum atomic E-state index is 12.3. The highest BCUT2D eigenvalue weighted by molar-refractivity contribution is 6.43. The molecule has 1 aromatic heterocycles. The highest BCUT2D eigenvalue weighted by atomic mass is 35.5. The van der Waals surface area contributed by atoms with Crippen molar-refractivity contribution in [3.8, 4) is 0 Å². The molecule has 0 bridgehead atoms. The summed E-state index contributed by atoms with van der Waals surface area (Å²) in [6, 6.07) is 5.71. The van der Waals surface area contributed by atoms with E-state index < -0.39 is 24.3 Å². The van der Waals surface area contributed by atoms with Crippen LogP contribution >= 0.6 is 23.2 Å². The molecule has 2 heterocycles. The minimum atomic E-state index is -0.575. The molecule has 24 heavy (non-hydrogen) atoms. The average molecular weight is 367 g/mol. The standard InChI is InChI=1S/C16H12Cl2N2O4/c1-8(13-3-2-4-24-13)19-14(21)7-20-15(22)9-5-11(17)12(18)6-10(9)16(20)23/h2-6,8H,7H2,1H3,(H,19,21)/t8-/m0/s1. The van der Waals surface area contributed by atoms with E-state index in [2.05, 4.69) is 5.32 Å². The molecule has 0 radical (unpaired) electrons. The number of carbonyl (C=O) groups is 3. The Balaban J connectivity index is 1.73. The molecule has 1 aromatic carbocycles. The number of nitrogens with one attached hydrogen (secondary N) is 1. The van der Waals surface area contributed by atoms with Crippen molar-refractivity contribution in [3.05, 3.63) is 57.5 Å². The second-order valence-corrected chi connectivity index (χ2v) is 6.13. The number of imide groups is 1. The number of fused-ring (bicyclic) bond motifs is 1. The van der Waals surface area contributed by atoms with E-state index in [-0.39, 0.29) is 27.2 Å². The van der Waals surface area contributed by atoms with Crippen LogP contribution in [0.2, 0.25) is 10.0 Å². The van der Waals surface area contributed by atoms with Crippen molar-refractivity contribution in [1.29, 1.82) is 0 Å². The van der Waals surface area contributed by atoms with E-state index in [1.54, 1.807) is 19.1 Å². The fraction of sp³-hybridized carbons (Fsp3) is 0.188. The lowest BCUT2D eigenvalue weighted by Gasteiger charge is -2.16. The Morgan fingerprint density at radius 3 is 2.29 bits per heavy atom. The van der Waals surface area contributed by atoms with Gasteiger partial charge in [-0.2, -0.15) is 0 Å². The highest BCUT2D eigenvalue weighted by Crippen LogP contribution is 2.31. The minimum absolute atomic E-state index is 0.140. The lowest BCUT2D eigenvalue weighted by molar-refractivity contribution is -0.122. The van der Waals surface area contributed by atoms with Gasteiger partial charge < -0.3 is 9.73 Å². The Hall–Kier alpha value is -2.31. The maximum Gasteiger partial charge on any atom is 0.262 e. The van der Waals surface area contributed by atoms with Crippen molar-refractivity contribution in [2.24, 2.45) is 0 Å². The van der Waals surface area contributed by atoms with E-state index in [1.165, 1.54) is 18.4 Å². The van der Waals surface area contributed by atoms with E-state index in [1.807, 2.05) is 0 Å². The third-order valence-electron chi connectivity index (χ3n) is 3.66. The van der Waals surface area contributed by atoms with Crippen LogP contribution in [-0.4, -0.2) is 29.2 Å². The Bertz CT molecular complexity index is 792. The maximum absolute atomic E-state index is 12.3. The van der Waals surface area contributed by atoms with Crippen molar-refractivity contribution < 1.29 is 18.8 Å². The summed E-state index contributed by atoms with van der Waals surface area (Å²) in [5, 5.41) is 3.02. The monoisotopic (exact) mass is 366 g/mol. The zero-order chi connectivity index (χ0) is 17.4. The van der Waals surface area contributed by atoms with Gasteiger partial charge in [0.2, 0.25) is 5.91 Å². The van der Waals surface area contributed by atoms with Crippen molar-refractivity contribution in [3.63, 3.8) is 0 Å². The van der Waals surface area contributed by atoms with Gasteiger partial charge >= 0.3 is 0 Å². The molecule has 1 aliphatic heterocycles. The molecule has 1 atom stereocenters. The Morgan fingerprint density at radius 1 is 1.21 bits per heavy atom. The van der Waals surface area contributed by atoms with Crippen molar-refractivity contribution >= 4 is 40.9 Å². The van der Waals surface area contributed by atoms with Crippen LogP contribution in [0.4, 0.5) is 0 Å². The Morgan fingerprint density at radius 2 is 1.79 bits per heavy atom. The van der Waals surface area contributed by atoms with Crippen LogP contribution in [0, 0.1) is 0 Å². The first kappa shape index (κ1) is 16.5. The molecule has 0 saturated carbocycles. The average Bonchev–Trinajstić information content (AvgIpc) is 3.13. The molecule has 0 aliphatic carbocycles. The predicted molar refractivity (Wildman–Crippen MR) is 87.1 cm³/mol. The first-order chi connectivity index (χ1) is 11.4. The fourth-order valence-corrected chi connectivity index (χ4v) is 2.79. The van der Waals surface area contributed by atoms with Gasteiger partial charge in [0.15, 0.2) is 0 Å². The summed E-state index contributed by atoms with van der Waals surface area (Å²) in [6.07, 6.45) is 1.50. The van der Waals surface area contributed by atoms with Gasteiger partial charge in [-0.1, -0.05) is 23.2 Å². The number of nitrogens with zero attached hydrogens (tertiary/aromatic N) is 1. The fourth-order valence-electron chi connectivity index (χ4n) is 2.47. The summed E-state index contributed by atoms with van der Waals surface area (Å²) in [7, 11) is 0. The minimum Gasteiger partial charge on any atom is -0.467 e. The summed E-state index contributed by atoms with van der Waals surface area (Å²) in [5.41, 5.74) is 0.280. The van der Waals surface area contributed by atoms with E-state index in [0.29, 0.717) is 5.76 Å². The topological polar surface area (TPSA) is 79.6 Å². The van der Waals surface area contributed by atoms with E-state index in [4.69, 9.17) is 27.6 Å². The van der Waals surface area contributed by atoms with Crippen LogP contribution in [0.15, 0.2) is 34.9 Å². The number of hydrogen-bond acceptors (Lipinski definition) is 4. The van der Waals surface area contributed by atoms with Gasteiger partial charge in [-0.05, 0) is 31.2 Å². The van der Waals surface area contributed by atoms with Gasteiger partial charge in [-0.3, -0.25) is 19.3 Å². The summed E-state index contributed by atoms with van der Waals surface area (Å²) in [4.78, 5) is 37.6. The molecule has 1 aliphatic rings. The molecule has 6 nitrogen and oxygen atoms in total. The molecule has 0 spiro atoms. The third-order valence-corrected chi connectivity index (χ3v) is 4.38. The smallest absolute Gasteiger partial charge is 0.262 e. The van der Waals surface area contributed by atoms with Crippen molar-refractivity contribution in [2.75, 3.05) is 6.54 Å². The van der Waals surface area contributed by atoms with Crippen LogP contribution in [0.25, 0.3) is 0 Å². The lowest BCUT2D eigenvalue weighted by atomic mass is 10.1. The molecule has 124 valence electrons. The van der Waals surface area contributed by atoms with Gasteiger partial charge in [0, 0.05) is 0 Å². The van der Waals surface area contributed by atoms with Gasteiger partial charge in [0.25, 0.3) is 11.8 Å². The van der Waals surface area contributed by atoms with Crippen LogP contribution in [0.3, 0.4) is 0 Å². The van der Waals surface area contributed by atoms with Crippen LogP contribution in [0.5, 0.6) is 0 Å². The molecule has 0 fully saturated rings. The summed E-state index contributed by atoms with van der Waals surface area (Å²) in [5.74, 6) is -1.06. The zero-order valence-corrected chi connectivity index (χ0v) is 14.0. The SMILES string of the molecule is C[C@H](NC(=O)CN1C(=O)c2cc(Cl)c(Cl)cc2C1=O)c1ccco1. The van der Waals surface area contributed by atoms with Crippen LogP contribution in [-0.2, 0) is 4.79 Å². The second kappa shape index (κ2) is 6.30. The third kappa shape index (κ3) is 2.90. The molecular weight excluding hydrogens is 355 g/mol. The molecular formula is C16H12Cl2N2O4. The molecule has 0 unspecified atom stereocenters. The highest BCUT2D eigenvalue weighted by Gasteiger charge is 2.37. The number of carbonyl (C=O) groups excluding carboxylic acids is 3. The quantitative estimate of drug-likeness (QED) is 0.843. The van der Waals surface area contributed by atoms with E-state index in [0.717, 1.165) is 4.90 Å². The number of halogens is 2. The molecule has 1 N–H and O–H groups in total. The van der Waals surface area contributed by atoms with E-state index in [9.17, 15) is 14.4 Å². The van der Waals surface area contributed by atoms with Gasteiger partial charge in [0.1, 0.15) is 12.3 Å². The Labute approximate surface area is 147 Å². The van der Waals surface area contributed by atoms with Gasteiger partial charge in [0.05, 0.1) is 33.5 Å². The molecule has 2 aromatic rings. The number of furan rings is 1. The molecule has 0 saturated heterocycles. The summed E-state index contributed by atoms with van der Waals surface area (Å²) in [6.45, 7) is 1.34. The summed E-state index contributed by atoms with van der Waals surface area (Å²) < 4.78 is 5.19. The van der Waals surface area contributed by atoms with Gasteiger partial charge in [-0.15, -0.1) is 0 Å². The first-order valence-electron chi connectivity index (χ1n) is 7.06. The molecule has 3 amide bonds. The van der Waals surface area contributed by atoms with Crippen molar-refractivity contribution in [1.82, 2.24) is 10.2 Å². The number of hydrogen-bond donors (Lipinski definition) is 1.